The number of aliphatic hydroxyl groups is 3. The summed E-state index contributed by atoms with van der Waals surface area (Å²) in [5.74, 6) is 7.74. The molecule has 8 fully saturated rings. The average Bonchev–Trinajstić information content (AvgIpc) is 4.09. The van der Waals surface area contributed by atoms with Gasteiger partial charge in [0.1, 0.15) is 0 Å². The van der Waals surface area contributed by atoms with Gasteiger partial charge in [0, 0.05) is 52.9 Å². The van der Waals surface area contributed by atoms with E-state index < -0.39 is 51.0 Å². The highest BCUT2D eigenvalue weighted by Gasteiger charge is 2.93. The fourth-order valence-corrected chi connectivity index (χ4v) is 24.2. The van der Waals surface area contributed by atoms with Crippen LogP contribution in [-0.2, 0) is 38.9 Å². The molecule has 0 radical (unpaired) electrons. The highest BCUT2D eigenvalue weighted by molar-refractivity contribution is 5.94. The van der Waals surface area contributed by atoms with Crippen molar-refractivity contribution in [1.29, 1.82) is 0 Å². The van der Waals surface area contributed by atoms with Gasteiger partial charge in [0.25, 0.3) is 0 Å². The van der Waals surface area contributed by atoms with Crippen LogP contribution in [0.5, 0.6) is 0 Å². The Morgan fingerprint density at radius 2 is 1.64 bits per heavy atom. The minimum atomic E-state index is -1.53. The number of fused-ring (bicyclic) bond motifs is 4. The van der Waals surface area contributed by atoms with Crippen molar-refractivity contribution in [1.82, 2.24) is 0 Å². The number of ether oxygens (including phenoxy) is 2. The number of methoxy groups -OCH3 is 1. The summed E-state index contributed by atoms with van der Waals surface area (Å²) in [5.41, 5.74) is 1.56. The van der Waals surface area contributed by atoms with Crippen molar-refractivity contribution in [3.8, 4) is 11.8 Å². The second-order valence-corrected chi connectivity index (χ2v) is 28.5. The van der Waals surface area contributed by atoms with E-state index >= 15 is 0 Å². The van der Waals surface area contributed by atoms with Crippen LogP contribution in [0.2, 0.25) is 0 Å². The predicted molar refractivity (Wildman–Crippen MR) is 288 cm³/mol. The van der Waals surface area contributed by atoms with Crippen molar-refractivity contribution in [2.75, 3.05) is 20.3 Å². The van der Waals surface area contributed by atoms with Gasteiger partial charge in [-0.3, -0.25) is 4.79 Å². The lowest BCUT2D eigenvalue weighted by molar-refractivity contribution is -0.395. The van der Waals surface area contributed by atoms with Crippen molar-refractivity contribution in [3.63, 3.8) is 0 Å². The van der Waals surface area contributed by atoms with Crippen LogP contribution in [-0.4, -0.2) is 64.7 Å². The number of hydrogen-bond donors (Lipinski definition) is 4. The molecular weight excluding hydrogens is 917 g/mol. The number of benzene rings is 3. The van der Waals surface area contributed by atoms with Gasteiger partial charge >= 0.3 is 5.97 Å². The summed E-state index contributed by atoms with van der Waals surface area (Å²) in [6.07, 6.45) is 20.3. The molecule has 17 unspecified atom stereocenters. The largest absolute Gasteiger partial charge is 0.481 e. The van der Waals surface area contributed by atoms with E-state index in [2.05, 4.69) is 94.1 Å². The van der Waals surface area contributed by atoms with Gasteiger partial charge in [-0.1, -0.05) is 120 Å². The first kappa shape index (κ1) is 49.1. The van der Waals surface area contributed by atoms with Gasteiger partial charge in [-0.15, -0.1) is 5.92 Å². The molecule has 74 heavy (non-hydrogen) atoms. The Bertz CT molecular complexity index is 2860. The first-order chi connectivity index (χ1) is 35.6. The molecule has 3 aromatic carbocycles. The number of carboxylic acid groups (broad SMARTS) is 1. The van der Waals surface area contributed by atoms with E-state index in [1.165, 1.54) is 66.0 Å². The lowest BCUT2D eigenvalue weighted by Gasteiger charge is -2.89. The summed E-state index contributed by atoms with van der Waals surface area (Å²) in [6.45, 7) is 10.2. The van der Waals surface area contributed by atoms with Gasteiger partial charge in [0.15, 0.2) is 5.79 Å². The molecule has 14 rings (SSSR count). The van der Waals surface area contributed by atoms with E-state index in [4.69, 9.17) is 9.47 Å². The van der Waals surface area contributed by atoms with Crippen molar-refractivity contribution < 1.29 is 34.7 Å². The van der Waals surface area contributed by atoms with Crippen LogP contribution >= 0.6 is 0 Å². The van der Waals surface area contributed by atoms with Crippen LogP contribution in [0.1, 0.15) is 190 Å². The smallest absolute Gasteiger partial charge is 0.309 e. The summed E-state index contributed by atoms with van der Waals surface area (Å²) >= 11 is 0. The van der Waals surface area contributed by atoms with Crippen molar-refractivity contribution >= 4 is 16.7 Å². The van der Waals surface area contributed by atoms with Gasteiger partial charge < -0.3 is 29.9 Å². The lowest BCUT2D eigenvalue weighted by Crippen LogP contribution is -2.87. The van der Waals surface area contributed by atoms with E-state index in [0.717, 1.165) is 95.0 Å². The molecule has 11 aliphatic rings. The quantitative estimate of drug-likeness (QED) is 0.134. The molecule has 0 amide bonds. The molecule has 10 aliphatic carbocycles. The fourth-order valence-electron chi connectivity index (χ4n) is 24.2. The Hall–Kier alpha value is -3.25. The zero-order valence-corrected chi connectivity index (χ0v) is 45.5. The molecule has 17 atom stereocenters. The molecule has 1 saturated heterocycles. The monoisotopic (exact) mass is 1000 g/mol. The molecule has 0 aromatic heterocycles. The maximum absolute atomic E-state index is 14.5. The van der Waals surface area contributed by atoms with E-state index in [9.17, 15) is 25.2 Å². The molecular formula is C67H86O7. The minimum Gasteiger partial charge on any atom is -0.481 e. The van der Waals surface area contributed by atoms with Crippen LogP contribution in [0.15, 0.2) is 54.6 Å². The topological polar surface area (TPSA) is 116 Å². The molecule has 1 aliphatic heterocycles. The minimum absolute atomic E-state index is 0.0389. The van der Waals surface area contributed by atoms with Crippen molar-refractivity contribution in [3.05, 3.63) is 82.4 Å². The maximum Gasteiger partial charge on any atom is 0.309 e. The first-order valence-corrected chi connectivity index (χ1v) is 30.1. The van der Waals surface area contributed by atoms with Crippen LogP contribution in [0, 0.1) is 84.8 Å². The van der Waals surface area contributed by atoms with Crippen LogP contribution in [0.3, 0.4) is 0 Å². The molecule has 5 spiro atoms. The molecule has 4 N–H and O–H groups in total. The summed E-state index contributed by atoms with van der Waals surface area (Å²) in [5, 5.41) is 55.4. The average molecular weight is 1000 g/mol. The van der Waals surface area contributed by atoms with E-state index in [1.54, 1.807) is 12.7 Å². The molecule has 1 heterocycles. The molecule has 7 saturated carbocycles. The third-order valence-electron chi connectivity index (χ3n) is 26.7. The molecule has 7 nitrogen and oxygen atoms in total. The standard InChI is InChI=1S/C67H86O7/c1-6-11-50-64-34-33-62-27-10-14-43(18-17-42-12-7-8-13-42)25-28-65-56-55(59(3,57(70)71)31-29-58(56,2)30-32-60(62,65)4)49-38-61(65)40-63(62,37-47-24-23-46-15-9-16-48(49)53(46)54(47)61)66(64,41-68)51(69)39-67(50,72)74-52(64)36-45-21-19-44(20-22-45)26-35-73-5/h9,15-16,19-24,42-43,49-52,55-56,68-69,72H,6-8,11-14,17-18,25-26,28-41H2,1-5H3,(H,70,71). The number of carbonyl (C=O) groups is 1. The zero-order valence-electron chi connectivity index (χ0n) is 45.5. The van der Waals surface area contributed by atoms with Gasteiger partial charge in [-0.2, -0.15) is 0 Å². The van der Waals surface area contributed by atoms with Crippen LogP contribution in [0.25, 0.3) is 10.8 Å². The van der Waals surface area contributed by atoms with Gasteiger partial charge in [0.05, 0.1) is 30.8 Å². The third-order valence-corrected chi connectivity index (χ3v) is 26.7. The Morgan fingerprint density at radius 1 is 0.865 bits per heavy atom. The number of aliphatic hydroxyl groups excluding tert-OH is 2. The highest BCUT2D eigenvalue weighted by Crippen LogP contribution is 2.95. The van der Waals surface area contributed by atoms with Gasteiger partial charge in [0.2, 0.25) is 0 Å². The third kappa shape index (κ3) is 5.49. The first-order valence-electron chi connectivity index (χ1n) is 30.1. The highest BCUT2D eigenvalue weighted by atomic mass is 16.6. The Balaban J connectivity index is 1.07. The second kappa shape index (κ2) is 16.2. The molecule has 7 bridgehead atoms. The fraction of sp³-hybridized carbons (Fsp3) is 0.716. The number of rotatable bonds is 12. The predicted octanol–water partition coefficient (Wildman–Crippen LogP) is 12.7. The summed E-state index contributed by atoms with van der Waals surface area (Å²) in [7, 11) is 1.75. The zero-order chi connectivity index (χ0) is 51.1. The Kier molecular flexibility index (Phi) is 10.7. The summed E-state index contributed by atoms with van der Waals surface area (Å²) in [4.78, 5) is 14.5. The maximum atomic E-state index is 14.5. The summed E-state index contributed by atoms with van der Waals surface area (Å²) < 4.78 is 12.8. The van der Waals surface area contributed by atoms with E-state index in [-0.39, 0.29) is 58.4 Å². The summed E-state index contributed by atoms with van der Waals surface area (Å²) in [6, 6.07) is 20.7. The Morgan fingerprint density at radius 3 is 2.39 bits per heavy atom. The SMILES string of the molecule is CCCC1C2(O)CC(O)C3(CO)C1(CCC14C#CCC(CCC5CCCC5)CCC56C7C(C8CC59CC13Cc1ccc3cccc8c3c19)C(C)(C(=O)O)CCC7(C)CCC46C)C(Cc1ccc(CCOC)cc1)O2. The van der Waals surface area contributed by atoms with E-state index in [0.29, 0.717) is 31.8 Å². The van der Waals surface area contributed by atoms with Crippen molar-refractivity contribution in [2.24, 2.45) is 72.9 Å². The lowest BCUT2D eigenvalue weighted by atomic mass is 9.13. The van der Waals surface area contributed by atoms with Crippen molar-refractivity contribution in [2.45, 2.75) is 205 Å². The van der Waals surface area contributed by atoms with Gasteiger partial charge in [-0.05, 0) is 188 Å². The number of hydrogen-bond acceptors (Lipinski definition) is 6. The normalized spacial score (nSPS) is 47.7. The molecule has 7 heteroatoms. The van der Waals surface area contributed by atoms with E-state index in [1.807, 2.05) is 0 Å². The molecule has 396 valence electrons. The number of aliphatic carboxylic acids is 1. The van der Waals surface area contributed by atoms with Gasteiger partial charge in [-0.25, -0.2) is 0 Å². The second-order valence-electron chi connectivity index (χ2n) is 28.5. The number of carboxylic acids is 1. The molecule has 3 aromatic rings. The van der Waals surface area contributed by atoms with Crippen LogP contribution in [0.4, 0.5) is 0 Å². The van der Waals surface area contributed by atoms with Crippen LogP contribution < -0.4 is 0 Å². The Labute approximate surface area is 441 Å².